The van der Waals surface area contributed by atoms with E-state index in [1.807, 2.05) is 0 Å². The van der Waals surface area contributed by atoms with Crippen molar-refractivity contribution in [3.8, 4) is 0 Å². The lowest BCUT2D eigenvalue weighted by molar-refractivity contribution is -0.929. The minimum atomic E-state index is 0. The first-order valence-electron chi connectivity index (χ1n) is 24.2. The van der Waals surface area contributed by atoms with E-state index in [4.69, 9.17) is 0 Å². The Kier molecular flexibility index (Phi) is 52.9. The van der Waals surface area contributed by atoms with Crippen LogP contribution in [0.25, 0.3) is 0 Å². The van der Waals surface area contributed by atoms with Gasteiger partial charge in [-0.2, -0.15) is 0 Å². The van der Waals surface area contributed by atoms with E-state index in [0.29, 0.717) is 0 Å². The van der Waals surface area contributed by atoms with Crippen LogP contribution in [0.1, 0.15) is 261 Å². The third-order valence-corrected chi connectivity index (χ3v) is 11.9. The molecule has 0 aromatic heterocycles. The second kappa shape index (κ2) is 47.0. The van der Waals surface area contributed by atoms with Gasteiger partial charge in [0.1, 0.15) is 0 Å². The predicted molar refractivity (Wildman–Crippen MR) is 236 cm³/mol. The standard InChI is InChI=1S/2C24H52N.2H2O/c2*1-5-9-13-17-21-25(22-18-14-10-6-2,23-19-15-11-7-3)24-20-16-12-8-4;;/h2*5-24H2,1-4H3;2*1H2/q2*+1;;/p-2. The van der Waals surface area contributed by atoms with Gasteiger partial charge in [0.15, 0.2) is 0 Å². The maximum atomic E-state index is 2.34. The molecule has 0 aliphatic carbocycles. The number of unbranched alkanes of at least 4 members (excludes halogenated alkanes) is 24. The van der Waals surface area contributed by atoms with Crippen LogP contribution in [0.4, 0.5) is 0 Å². The van der Waals surface area contributed by atoms with Gasteiger partial charge in [0.2, 0.25) is 0 Å². The zero-order valence-electron chi connectivity index (χ0n) is 38.1. The quantitative estimate of drug-likeness (QED) is 0.0463. The summed E-state index contributed by atoms with van der Waals surface area (Å²) in [5.74, 6) is 0. The highest BCUT2D eigenvalue weighted by Crippen LogP contribution is 2.21. The summed E-state index contributed by atoms with van der Waals surface area (Å²) in [5.41, 5.74) is 0. The maximum absolute atomic E-state index is 2.34. The Hall–Kier alpha value is -0.160. The molecule has 0 radical (unpaired) electrons. The van der Waals surface area contributed by atoms with E-state index in [1.165, 1.54) is 267 Å². The van der Waals surface area contributed by atoms with Gasteiger partial charge in [0.05, 0.1) is 52.4 Å². The highest BCUT2D eigenvalue weighted by molar-refractivity contribution is 4.55. The molecule has 0 amide bonds. The van der Waals surface area contributed by atoms with Crippen molar-refractivity contribution in [1.82, 2.24) is 0 Å². The number of hydrogen-bond acceptors (Lipinski definition) is 2. The van der Waals surface area contributed by atoms with Crippen LogP contribution in [0.5, 0.6) is 0 Å². The van der Waals surface area contributed by atoms with Crippen LogP contribution in [0.3, 0.4) is 0 Å². The molecule has 0 spiro atoms. The molecule has 0 bridgehead atoms. The van der Waals surface area contributed by atoms with Crippen LogP contribution in [0, 0.1) is 0 Å². The molecule has 0 aromatic carbocycles. The third kappa shape index (κ3) is 38.1. The Morgan fingerprint density at radius 1 is 0.173 bits per heavy atom. The molecule has 0 saturated carbocycles. The van der Waals surface area contributed by atoms with Crippen LogP contribution in [-0.4, -0.2) is 72.3 Å². The number of hydrogen-bond donors (Lipinski definition) is 0. The molecule has 320 valence electrons. The third-order valence-electron chi connectivity index (χ3n) is 11.9. The van der Waals surface area contributed by atoms with E-state index in [9.17, 15) is 0 Å². The molecular weight excluding hydrogens is 637 g/mol. The molecular formula is C48H106N2O2. The molecule has 0 rings (SSSR count). The van der Waals surface area contributed by atoms with Crippen molar-refractivity contribution in [1.29, 1.82) is 0 Å². The van der Waals surface area contributed by atoms with Gasteiger partial charge in [0, 0.05) is 0 Å². The topological polar surface area (TPSA) is 60.0 Å². The fourth-order valence-electron chi connectivity index (χ4n) is 8.33. The molecule has 4 nitrogen and oxygen atoms in total. The van der Waals surface area contributed by atoms with E-state index in [-0.39, 0.29) is 11.0 Å². The predicted octanol–water partition coefficient (Wildman–Crippen LogP) is 15.9. The fraction of sp³-hybridized carbons (Fsp3) is 1.00. The summed E-state index contributed by atoms with van der Waals surface area (Å²) in [4.78, 5) is 0. The van der Waals surface area contributed by atoms with Gasteiger partial charge in [-0.3, -0.25) is 0 Å². The first kappa shape index (κ1) is 58.5. The smallest absolute Gasteiger partial charge is 0.0786 e. The molecule has 0 unspecified atom stereocenters. The Balaban J connectivity index is -0.000000427. The fourth-order valence-corrected chi connectivity index (χ4v) is 8.33. The highest BCUT2D eigenvalue weighted by atomic mass is 16.0. The van der Waals surface area contributed by atoms with E-state index < -0.39 is 0 Å². The molecule has 0 atom stereocenters. The first-order chi connectivity index (χ1) is 24.5. The van der Waals surface area contributed by atoms with Crippen LogP contribution >= 0.6 is 0 Å². The molecule has 0 saturated heterocycles. The molecule has 0 aliphatic heterocycles. The zero-order valence-corrected chi connectivity index (χ0v) is 38.1. The van der Waals surface area contributed by atoms with Crippen molar-refractivity contribution >= 4 is 0 Å². The molecule has 0 aliphatic rings. The summed E-state index contributed by atoms with van der Waals surface area (Å²) in [5, 5.41) is 0. The summed E-state index contributed by atoms with van der Waals surface area (Å²) < 4.78 is 2.92. The van der Waals surface area contributed by atoms with E-state index in [1.54, 1.807) is 0 Å². The minimum absolute atomic E-state index is 0. The van der Waals surface area contributed by atoms with Gasteiger partial charge in [-0.05, 0) is 103 Å². The number of nitrogens with zero attached hydrogens (tertiary/aromatic N) is 2. The Bertz CT molecular complexity index is 454. The van der Waals surface area contributed by atoms with E-state index >= 15 is 0 Å². The normalized spacial score (nSPS) is 11.5. The summed E-state index contributed by atoms with van der Waals surface area (Å²) in [6.07, 6.45) is 45.7. The number of quaternary nitrogens is 2. The number of rotatable bonds is 40. The second-order valence-corrected chi connectivity index (χ2v) is 17.0. The van der Waals surface area contributed by atoms with Crippen LogP contribution < -0.4 is 0 Å². The summed E-state index contributed by atoms with van der Waals surface area (Å²) >= 11 is 0. The lowest BCUT2D eigenvalue weighted by Crippen LogP contribution is -2.50. The molecule has 0 heterocycles. The van der Waals surface area contributed by atoms with E-state index in [2.05, 4.69) is 55.4 Å². The van der Waals surface area contributed by atoms with Crippen LogP contribution in [-0.2, 0) is 0 Å². The Morgan fingerprint density at radius 2 is 0.288 bits per heavy atom. The maximum Gasteiger partial charge on any atom is 0.0786 e. The average Bonchev–Trinajstić information content (AvgIpc) is 3.13. The monoisotopic (exact) mass is 743 g/mol. The molecule has 2 N–H and O–H groups in total. The Labute approximate surface area is 332 Å². The lowest BCUT2D eigenvalue weighted by Gasteiger charge is -2.39. The van der Waals surface area contributed by atoms with Gasteiger partial charge in [0.25, 0.3) is 0 Å². The lowest BCUT2D eigenvalue weighted by atomic mass is 10.1. The first-order valence-corrected chi connectivity index (χ1v) is 24.2. The highest BCUT2D eigenvalue weighted by Gasteiger charge is 2.27. The second-order valence-electron chi connectivity index (χ2n) is 17.0. The summed E-state index contributed by atoms with van der Waals surface area (Å²) in [6.45, 7) is 30.4. The van der Waals surface area contributed by atoms with Crippen LogP contribution in [0.2, 0.25) is 0 Å². The zero-order chi connectivity index (χ0) is 37.3. The Morgan fingerprint density at radius 3 is 0.385 bits per heavy atom. The largest absolute Gasteiger partial charge is 0.870 e. The van der Waals surface area contributed by atoms with Crippen molar-refractivity contribution in [2.75, 3.05) is 52.4 Å². The molecule has 0 fully saturated rings. The van der Waals surface area contributed by atoms with E-state index in [0.717, 1.165) is 0 Å². The van der Waals surface area contributed by atoms with Gasteiger partial charge in [-0.15, -0.1) is 0 Å². The molecule has 52 heavy (non-hydrogen) atoms. The average molecular weight is 743 g/mol. The SMILES string of the molecule is CCCCCC[N+](CCCCCC)(CCCCCC)CCCCCC.CCCCCC[N+](CCCCCC)(CCCCCC)CCCCCC.[OH-].[OH-]. The summed E-state index contributed by atoms with van der Waals surface area (Å²) in [7, 11) is 0. The molecule has 4 heteroatoms. The van der Waals surface area contributed by atoms with Crippen molar-refractivity contribution in [2.24, 2.45) is 0 Å². The van der Waals surface area contributed by atoms with Crippen LogP contribution in [0.15, 0.2) is 0 Å². The van der Waals surface area contributed by atoms with Crippen molar-refractivity contribution < 1.29 is 19.9 Å². The van der Waals surface area contributed by atoms with Crippen molar-refractivity contribution in [2.45, 2.75) is 261 Å². The van der Waals surface area contributed by atoms with Gasteiger partial charge < -0.3 is 19.9 Å². The van der Waals surface area contributed by atoms with Crippen molar-refractivity contribution in [3.63, 3.8) is 0 Å². The van der Waals surface area contributed by atoms with Gasteiger partial charge in [-0.25, -0.2) is 0 Å². The summed E-state index contributed by atoms with van der Waals surface area (Å²) in [6, 6.07) is 0. The molecule has 0 aromatic rings. The van der Waals surface area contributed by atoms with Crippen molar-refractivity contribution in [3.05, 3.63) is 0 Å². The van der Waals surface area contributed by atoms with Gasteiger partial charge in [-0.1, -0.05) is 158 Å². The van der Waals surface area contributed by atoms with Gasteiger partial charge >= 0.3 is 0 Å². The minimum Gasteiger partial charge on any atom is -0.870 e.